The van der Waals surface area contributed by atoms with Gasteiger partial charge in [-0.2, -0.15) is 0 Å². The van der Waals surface area contributed by atoms with E-state index in [1.54, 1.807) is 13.8 Å². The second-order valence-corrected chi connectivity index (χ2v) is 8.88. The summed E-state index contributed by atoms with van der Waals surface area (Å²) in [5, 5.41) is 2.42. The van der Waals surface area contributed by atoms with E-state index in [1.165, 1.54) is 19.2 Å². The number of hydrogen-bond acceptors (Lipinski definition) is 3. The number of carbonyl (C=O) groups is 1. The van der Waals surface area contributed by atoms with E-state index in [0.29, 0.717) is 0 Å². The van der Waals surface area contributed by atoms with E-state index in [-0.39, 0.29) is 21.8 Å². The average Bonchev–Trinajstić information content (AvgIpc) is 2.77. The maximum Gasteiger partial charge on any atom is 0.275 e. The standard InChI is InChI=1S/C16H17BrF2N2O3S/c1-9(2)8-25(23,24)13-7-21(3)15(14(13)19)16(22)20-10-4-5-12(18)11(17)6-10/h4-7,9H,8H2,1-3H3,(H,20,22). The third kappa shape index (κ3) is 4.27. The van der Waals surface area contributed by atoms with E-state index in [9.17, 15) is 22.0 Å². The number of hydrogen-bond donors (Lipinski definition) is 1. The van der Waals surface area contributed by atoms with Gasteiger partial charge in [0.2, 0.25) is 0 Å². The van der Waals surface area contributed by atoms with Crippen LogP contribution in [0.1, 0.15) is 24.3 Å². The normalized spacial score (nSPS) is 11.8. The summed E-state index contributed by atoms with van der Waals surface area (Å²) in [5.41, 5.74) is -0.173. The molecule has 0 bridgehead atoms. The van der Waals surface area contributed by atoms with Crippen molar-refractivity contribution in [3.63, 3.8) is 0 Å². The number of halogens is 3. The van der Waals surface area contributed by atoms with Crippen molar-refractivity contribution < 1.29 is 22.0 Å². The highest BCUT2D eigenvalue weighted by molar-refractivity contribution is 9.10. The molecule has 0 radical (unpaired) electrons. The van der Waals surface area contributed by atoms with Crippen LogP contribution in [0.3, 0.4) is 0 Å². The van der Waals surface area contributed by atoms with Crippen molar-refractivity contribution in [2.45, 2.75) is 18.7 Å². The highest BCUT2D eigenvalue weighted by atomic mass is 79.9. The van der Waals surface area contributed by atoms with Crippen molar-refractivity contribution in [3.8, 4) is 0 Å². The molecule has 0 aliphatic carbocycles. The summed E-state index contributed by atoms with van der Waals surface area (Å²) in [5.74, 6) is -2.84. The van der Waals surface area contributed by atoms with Crippen LogP contribution < -0.4 is 5.32 Å². The Morgan fingerprint density at radius 3 is 2.52 bits per heavy atom. The van der Waals surface area contributed by atoms with Crippen LogP contribution in [-0.4, -0.2) is 24.6 Å². The van der Waals surface area contributed by atoms with Gasteiger partial charge in [-0.15, -0.1) is 0 Å². The monoisotopic (exact) mass is 434 g/mol. The van der Waals surface area contributed by atoms with E-state index in [2.05, 4.69) is 21.2 Å². The summed E-state index contributed by atoms with van der Waals surface area (Å²) >= 11 is 2.99. The predicted octanol–water partition coefficient (Wildman–Crippen LogP) is 3.75. The first-order chi connectivity index (χ1) is 11.5. The molecule has 25 heavy (non-hydrogen) atoms. The zero-order valence-electron chi connectivity index (χ0n) is 13.8. The van der Waals surface area contributed by atoms with Crippen LogP contribution in [0.15, 0.2) is 33.8 Å². The smallest absolute Gasteiger partial charge is 0.275 e. The molecule has 0 fully saturated rings. The van der Waals surface area contributed by atoms with Gasteiger partial charge in [0, 0.05) is 18.9 Å². The molecule has 0 unspecified atom stereocenters. The lowest BCUT2D eigenvalue weighted by Crippen LogP contribution is -2.17. The SMILES string of the molecule is CC(C)CS(=O)(=O)c1cn(C)c(C(=O)Nc2ccc(F)c(Br)c2)c1F. The molecule has 1 amide bonds. The average molecular weight is 435 g/mol. The molecule has 0 aliphatic rings. The summed E-state index contributed by atoms with van der Waals surface area (Å²) < 4.78 is 53.6. The zero-order valence-corrected chi connectivity index (χ0v) is 16.2. The first-order valence-electron chi connectivity index (χ1n) is 7.37. The number of rotatable bonds is 5. The van der Waals surface area contributed by atoms with Gasteiger partial charge in [0.15, 0.2) is 15.7 Å². The van der Waals surface area contributed by atoms with Gasteiger partial charge in [0.25, 0.3) is 5.91 Å². The first-order valence-corrected chi connectivity index (χ1v) is 9.81. The summed E-state index contributed by atoms with van der Waals surface area (Å²) in [7, 11) is -2.46. The summed E-state index contributed by atoms with van der Waals surface area (Å²) in [6.07, 6.45) is 1.09. The Morgan fingerprint density at radius 1 is 1.32 bits per heavy atom. The number of carbonyl (C=O) groups excluding carboxylic acids is 1. The number of benzene rings is 1. The van der Waals surface area contributed by atoms with Crippen LogP contribution in [0.5, 0.6) is 0 Å². The van der Waals surface area contributed by atoms with Gasteiger partial charge in [0.05, 0.1) is 10.2 Å². The molecule has 0 atom stereocenters. The quantitative estimate of drug-likeness (QED) is 0.778. The number of sulfone groups is 1. The summed E-state index contributed by atoms with van der Waals surface area (Å²) in [6, 6.07) is 3.78. The lowest BCUT2D eigenvalue weighted by Gasteiger charge is -2.07. The molecule has 1 N–H and O–H groups in total. The number of amides is 1. The number of nitrogens with one attached hydrogen (secondary N) is 1. The first kappa shape index (κ1) is 19.6. The molecule has 0 aliphatic heterocycles. The predicted molar refractivity (Wildman–Crippen MR) is 94.3 cm³/mol. The molecule has 136 valence electrons. The second-order valence-electron chi connectivity index (χ2n) is 6.03. The molecular weight excluding hydrogens is 418 g/mol. The highest BCUT2D eigenvalue weighted by Gasteiger charge is 2.29. The van der Waals surface area contributed by atoms with Gasteiger partial charge in [-0.3, -0.25) is 4.79 Å². The number of anilines is 1. The zero-order chi connectivity index (χ0) is 18.9. The molecule has 2 aromatic rings. The van der Waals surface area contributed by atoms with Crippen molar-refractivity contribution in [2.24, 2.45) is 13.0 Å². The van der Waals surface area contributed by atoms with E-state index in [4.69, 9.17) is 0 Å². The third-order valence-electron chi connectivity index (χ3n) is 3.37. The van der Waals surface area contributed by atoms with Crippen LogP contribution in [0.2, 0.25) is 0 Å². The Balaban J connectivity index is 2.36. The van der Waals surface area contributed by atoms with Crippen LogP contribution in [0, 0.1) is 17.6 Å². The maximum atomic E-state index is 14.6. The third-order valence-corrected chi connectivity index (χ3v) is 6.04. The fourth-order valence-electron chi connectivity index (χ4n) is 2.34. The summed E-state index contributed by atoms with van der Waals surface area (Å²) in [4.78, 5) is 11.8. The maximum absolute atomic E-state index is 14.6. The van der Waals surface area contributed by atoms with Crippen LogP contribution in [-0.2, 0) is 16.9 Å². The second kappa shape index (κ2) is 7.25. The van der Waals surface area contributed by atoms with Crippen molar-refractivity contribution in [1.29, 1.82) is 0 Å². The topological polar surface area (TPSA) is 68.2 Å². The Labute approximate surface area is 153 Å². The molecular formula is C16H17BrF2N2O3S. The molecule has 9 heteroatoms. The number of aryl methyl sites for hydroxylation is 1. The molecule has 1 aromatic carbocycles. The molecule has 1 aromatic heterocycles. The molecule has 5 nitrogen and oxygen atoms in total. The largest absolute Gasteiger partial charge is 0.343 e. The Hall–Kier alpha value is -1.74. The molecule has 2 rings (SSSR count). The van der Waals surface area contributed by atoms with Crippen molar-refractivity contribution in [2.75, 3.05) is 11.1 Å². The molecule has 0 saturated heterocycles. The van der Waals surface area contributed by atoms with Gasteiger partial charge in [-0.1, -0.05) is 13.8 Å². The minimum absolute atomic E-state index is 0.137. The van der Waals surface area contributed by atoms with Gasteiger partial charge in [-0.25, -0.2) is 17.2 Å². The lowest BCUT2D eigenvalue weighted by molar-refractivity contribution is 0.101. The van der Waals surface area contributed by atoms with Gasteiger partial charge >= 0.3 is 0 Å². The van der Waals surface area contributed by atoms with Gasteiger partial charge in [0.1, 0.15) is 16.4 Å². The van der Waals surface area contributed by atoms with E-state index in [1.807, 2.05) is 0 Å². The number of aromatic nitrogens is 1. The minimum Gasteiger partial charge on any atom is -0.343 e. The highest BCUT2D eigenvalue weighted by Crippen LogP contribution is 2.25. The van der Waals surface area contributed by atoms with Crippen LogP contribution >= 0.6 is 15.9 Å². The van der Waals surface area contributed by atoms with Crippen LogP contribution in [0.4, 0.5) is 14.5 Å². The fraction of sp³-hybridized carbons (Fsp3) is 0.312. The minimum atomic E-state index is -3.84. The Bertz CT molecular complexity index is 924. The Morgan fingerprint density at radius 2 is 1.96 bits per heavy atom. The fourth-order valence-corrected chi connectivity index (χ4v) is 4.46. The van der Waals surface area contributed by atoms with Crippen molar-refractivity contribution >= 4 is 37.4 Å². The molecule has 0 saturated carbocycles. The van der Waals surface area contributed by atoms with E-state index < -0.39 is 38.0 Å². The Kier molecular flexibility index (Phi) is 5.68. The van der Waals surface area contributed by atoms with Crippen molar-refractivity contribution in [3.05, 3.63) is 46.2 Å². The molecule has 1 heterocycles. The molecule has 0 spiro atoms. The lowest BCUT2D eigenvalue weighted by atomic mass is 10.3. The summed E-state index contributed by atoms with van der Waals surface area (Å²) in [6.45, 7) is 3.41. The van der Waals surface area contributed by atoms with E-state index in [0.717, 1.165) is 16.8 Å². The van der Waals surface area contributed by atoms with Gasteiger partial charge in [-0.05, 0) is 40.0 Å². The van der Waals surface area contributed by atoms with E-state index >= 15 is 0 Å². The van der Waals surface area contributed by atoms with Crippen molar-refractivity contribution in [1.82, 2.24) is 4.57 Å². The van der Waals surface area contributed by atoms with Crippen LogP contribution in [0.25, 0.3) is 0 Å². The van der Waals surface area contributed by atoms with Gasteiger partial charge < -0.3 is 9.88 Å². The number of nitrogens with zero attached hydrogens (tertiary/aromatic N) is 1.